The molecule has 0 aliphatic carbocycles. The lowest BCUT2D eigenvalue weighted by Gasteiger charge is -2.16. The molecule has 5 nitrogen and oxygen atoms in total. The van der Waals surface area contributed by atoms with Crippen molar-refractivity contribution in [2.45, 2.75) is 39.7 Å². The van der Waals surface area contributed by atoms with Crippen molar-refractivity contribution in [3.05, 3.63) is 6.07 Å². The van der Waals surface area contributed by atoms with E-state index in [0.29, 0.717) is 12.0 Å². The van der Waals surface area contributed by atoms with E-state index >= 15 is 0 Å². The Hall–Kier alpha value is -1.52. The summed E-state index contributed by atoms with van der Waals surface area (Å²) in [5, 5.41) is 6.47. The second-order valence-electron chi connectivity index (χ2n) is 3.68. The first-order valence-electron chi connectivity index (χ1n) is 5.84. The lowest BCUT2D eigenvalue weighted by atomic mass is 10.2. The Kier molecular flexibility index (Phi) is 4.82. The van der Waals surface area contributed by atoms with Gasteiger partial charge in [-0.2, -0.15) is 9.97 Å². The van der Waals surface area contributed by atoms with E-state index in [1.54, 1.807) is 0 Å². The summed E-state index contributed by atoms with van der Waals surface area (Å²) in [6, 6.07) is 2.32. The molecule has 1 aromatic heterocycles. The molecule has 90 valence electrons. The second kappa shape index (κ2) is 6.15. The van der Waals surface area contributed by atoms with Gasteiger partial charge in [-0.1, -0.05) is 13.8 Å². The van der Waals surface area contributed by atoms with Crippen LogP contribution in [0.1, 0.15) is 33.6 Å². The average molecular weight is 223 g/mol. The Morgan fingerprint density at radius 2 is 1.81 bits per heavy atom. The molecule has 0 saturated heterocycles. The summed E-state index contributed by atoms with van der Waals surface area (Å²) in [7, 11) is 0. The fraction of sp³-hybridized carbons (Fsp3) is 0.636. The largest absolute Gasteiger partial charge is 0.370 e. The number of hydrogen-bond donors (Lipinski definition) is 3. The van der Waals surface area contributed by atoms with Crippen LogP contribution in [-0.2, 0) is 0 Å². The molecule has 0 bridgehead atoms. The van der Waals surface area contributed by atoms with Gasteiger partial charge in [0.2, 0.25) is 5.95 Å². The lowest BCUT2D eigenvalue weighted by molar-refractivity contribution is 0.668. The minimum Gasteiger partial charge on any atom is -0.370 e. The predicted molar refractivity (Wildman–Crippen MR) is 68.6 cm³/mol. The zero-order chi connectivity index (χ0) is 12.0. The molecule has 4 N–H and O–H groups in total. The number of nitrogens with one attached hydrogen (secondary N) is 2. The molecule has 0 aliphatic rings. The van der Waals surface area contributed by atoms with Crippen LogP contribution in [0.4, 0.5) is 17.6 Å². The quantitative estimate of drug-likeness (QED) is 0.688. The summed E-state index contributed by atoms with van der Waals surface area (Å²) in [5.41, 5.74) is 5.65. The number of aromatic nitrogens is 2. The fourth-order valence-corrected chi connectivity index (χ4v) is 1.51. The molecule has 16 heavy (non-hydrogen) atoms. The van der Waals surface area contributed by atoms with Gasteiger partial charge in [0.1, 0.15) is 11.6 Å². The minimum absolute atomic E-state index is 0.298. The van der Waals surface area contributed by atoms with Crippen molar-refractivity contribution < 1.29 is 0 Å². The molecule has 0 fully saturated rings. The Balaban J connectivity index is 2.78. The molecule has 0 atom stereocenters. The Bertz CT molecular complexity index is 322. The van der Waals surface area contributed by atoms with Crippen LogP contribution in [-0.4, -0.2) is 22.6 Å². The fourth-order valence-electron chi connectivity index (χ4n) is 1.51. The van der Waals surface area contributed by atoms with Crippen LogP contribution < -0.4 is 16.4 Å². The Labute approximate surface area is 96.9 Å². The third kappa shape index (κ3) is 3.56. The van der Waals surface area contributed by atoms with Gasteiger partial charge in [0.15, 0.2) is 0 Å². The maximum atomic E-state index is 5.65. The third-order valence-electron chi connectivity index (χ3n) is 2.44. The van der Waals surface area contributed by atoms with Crippen molar-refractivity contribution in [1.29, 1.82) is 0 Å². The van der Waals surface area contributed by atoms with Gasteiger partial charge in [0.25, 0.3) is 0 Å². The van der Waals surface area contributed by atoms with Crippen molar-refractivity contribution in [3.8, 4) is 0 Å². The number of nitrogens with two attached hydrogens (primary N) is 1. The Morgan fingerprint density at radius 1 is 1.19 bits per heavy atom. The van der Waals surface area contributed by atoms with E-state index in [4.69, 9.17) is 5.73 Å². The van der Waals surface area contributed by atoms with Crippen LogP contribution in [0.2, 0.25) is 0 Å². The highest BCUT2D eigenvalue weighted by Crippen LogP contribution is 2.14. The summed E-state index contributed by atoms with van der Waals surface area (Å²) >= 11 is 0. The number of hydrogen-bond acceptors (Lipinski definition) is 5. The van der Waals surface area contributed by atoms with Crippen molar-refractivity contribution in [2.24, 2.45) is 0 Å². The molecule has 1 aromatic rings. The van der Waals surface area contributed by atoms with E-state index < -0.39 is 0 Å². The van der Waals surface area contributed by atoms with Gasteiger partial charge in [0.05, 0.1) is 0 Å². The maximum absolute atomic E-state index is 5.65. The topological polar surface area (TPSA) is 75.9 Å². The van der Waals surface area contributed by atoms with Gasteiger partial charge in [-0.15, -0.1) is 0 Å². The zero-order valence-corrected chi connectivity index (χ0v) is 10.2. The summed E-state index contributed by atoms with van der Waals surface area (Å²) < 4.78 is 0. The van der Waals surface area contributed by atoms with Gasteiger partial charge in [-0.25, -0.2) is 0 Å². The molecule has 0 saturated carbocycles. The van der Waals surface area contributed by atoms with Gasteiger partial charge >= 0.3 is 0 Å². The van der Waals surface area contributed by atoms with Crippen molar-refractivity contribution >= 4 is 17.6 Å². The molecular weight excluding hydrogens is 202 g/mol. The minimum atomic E-state index is 0.298. The molecule has 0 unspecified atom stereocenters. The van der Waals surface area contributed by atoms with Crippen molar-refractivity contribution in [3.63, 3.8) is 0 Å². The summed E-state index contributed by atoms with van der Waals surface area (Å²) in [4.78, 5) is 8.27. The zero-order valence-electron chi connectivity index (χ0n) is 10.2. The van der Waals surface area contributed by atoms with Gasteiger partial charge in [-0.05, 0) is 19.8 Å². The van der Waals surface area contributed by atoms with Crippen LogP contribution in [0, 0.1) is 0 Å². The van der Waals surface area contributed by atoms with Gasteiger partial charge in [0, 0.05) is 18.7 Å². The Morgan fingerprint density at radius 3 is 2.38 bits per heavy atom. The van der Waals surface area contributed by atoms with E-state index in [1.807, 2.05) is 13.0 Å². The van der Waals surface area contributed by atoms with Crippen LogP contribution in [0.5, 0.6) is 0 Å². The lowest BCUT2D eigenvalue weighted by Crippen LogP contribution is -2.18. The standard InChI is InChI=1S/C11H21N5/c1-4-8(5-2)14-10-7-9(13-6-3)15-11(12)16-10/h7-8H,4-6H2,1-3H3,(H4,12,13,14,15,16). The average Bonchev–Trinajstić information content (AvgIpc) is 2.25. The molecule has 0 radical (unpaired) electrons. The third-order valence-corrected chi connectivity index (χ3v) is 2.44. The number of nitrogen functional groups attached to an aromatic ring is 1. The molecule has 5 heteroatoms. The second-order valence-corrected chi connectivity index (χ2v) is 3.68. The van der Waals surface area contributed by atoms with E-state index in [-0.39, 0.29) is 0 Å². The molecule has 1 rings (SSSR count). The molecule has 0 spiro atoms. The highest BCUT2D eigenvalue weighted by Gasteiger charge is 2.06. The smallest absolute Gasteiger partial charge is 0.223 e. The monoisotopic (exact) mass is 223 g/mol. The molecule has 0 aromatic carbocycles. The number of nitrogens with zero attached hydrogens (tertiary/aromatic N) is 2. The first-order valence-corrected chi connectivity index (χ1v) is 5.84. The van der Waals surface area contributed by atoms with E-state index in [9.17, 15) is 0 Å². The van der Waals surface area contributed by atoms with Gasteiger partial charge in [-0.3, -0.25) is 0 Å². The first kappa shape index (κ1) is 12.5. The van der Waals surface area contributed by atoms with Crippen LogP contribution >= 0.6 is 0 Å². The molecule has 1 heterocycles. The van der Waals surface area contributed by atoms with E-state index in [2.05, 4.69) is 34.4 Å². The van der Waals surface area contributed by atoms with Crippen LogP contribution in [0.3, 0.4) is 0 Å². The summed E-state index contributed by atoms with van der Waals surface area (Å²) in [5.74, 6) is 1.85. The van der Waals surface area contributed by atoms with Crippen LogP contribution in [0.15, 0.2) is 6.07 Å². The molecule has 0 amide bonds. The number of rotatable bonds is 6. The maximum Gasteiger partial charge on any atom is 0.223 e. The molecule has 0 aliphatic heterocycles. The summed E-state index contributed by atoms with van der Waals surface area (Å²) in [6.07, 6.45) is 2.13. The van der Waals surface area contributed by atoms with Gasteiger partial charge < -0.3 is 16.4 Å². The number of anilines is 3. The normalized spacial score (nSPS) is 10.5. The SMILES string of the molecule is CCNc1cc(NC(CC)CC)nc(N)n1. The van der Waals surface area contributed by atoms with E-state index in [0.717, 1.165) is 31.0 Å². The first-order chi connectivity index (χ1) is 7.69. The van der Waals surface area contributed by atoms with Crippen LogP contribution in [0.25, 0.3) is 0 Å². The van der Waals surface area contributed by atoms with Crippen molar-refractivity contribution in [1.82, 2.24) is 9.97 Å². The highest BCUT2D eigenvalue weighted by atomic mass is 15.1. The molecular formula is C11H21N5. The van der Waals surface area contributed by atoms with Crippen molar-refractivity contribution in [2.75, 3.05) is 22.9 Å². The predicted octanol–water partition coefficient (Wildman–Crippen LogP) is 2.09. The summed E-state index contributed by atoms with van der Waals surface area (Å²) in [6.45, 7) is 7.14. The highest BCUT2D eigenvalue weighted by molar-refractivity contribution is 5.51. The van der Waals surface area contributed by atoms with E-state index in [1.165, 1.54) is 0 Å².